The predicted octanol–water partition coefficient (Wildman–Crippen LogP) is 4.19. The van der Waals surface area contributed by atoms with Gasteiger partial charge in [-0.05, 0) is 38.3 Å². The molecule has 1 aliphatic carbocycles. The molecule has 1 aliphatic rings. The van der Waals surface area contributed by atoms with Crippen LogP contribution in [0.5, 0.6) is 5.75 Å². The minimum absolute atomic E-state index is 0.209. The molecule has 0 aliphatic heterocycles. The van der Waals surface area contributed by atoms with Crippen LogP contribution in [0.15, 0.2) is 10.5 Å². The molecule has 0 radical (unpaired) electrons. The molecule has 0 amide bonds. The van der Waals surface area contributed by atoms with Gasteiger partial charge in [0.2, 0.25) is 0 Å². The lowest BCUT2D eigenvalue weighted by Crippen LogP contribution is -2.39. The van der Waals surface area contributed by atoms with Crippen LogP contribution >= 0.6 is 15.9 Å². The fourth-order valence-corrected chi connectivity index (χ4v) is 3.68. The minimum atomic E-state index is -0.209. The van der Waals surface area contributed by atoms with Crippen molar-refractivity contribution in [3.8, 4) is 5.75 Å². The molecule has 0 unspecified atom stereocenters. The molecular weight excluding hydrogens is 290 g/mol. The molecule has 0 spiro atoms. The third kappa shape index (κ3) is 2.30. The van der Waals surface area contributed by atoms with Gasteiger partial charge in [-0.1, -0.05) is 35.2 Å². The van der Waals surface area contributed by atoms with Gasteiger partial charge in [0.05, 0.1) is 7.11 Å². The average Bonchev–Trinajstić information content (AvgIpc) is 2.34. The molecule has 0 bridgehead atoms. The predicted molar refractivity (Wildman–Crippen MR) is 79.1 cm³/mol. The van der Waals surface area contributed by atoms with E-state index in [0.29, 0.717) is 0 Å². The molecule has 2 rings (SSSR count). The minimum Gasteiger partial charge on any atom is -0.496 e. The van der Waals surface area contributed by atoms with Crippen molar-refractivity contribution < 1.29 is 4.74 Å². The molecule has 1 aromatic carbocycles. The highest BCUT2D eigenvalue weighted by molar-refractivity contribution is 9.10. The summed E-state index contributed by atoms with van der Waals surface area (Å²) in [6, 6.07) is 2.16. The Morgan fingerprint density at radius 3 is 2.39 bits per heavy atom. The molecule has 3 heteroatoms. The Balaban J connectivity index is 2.58. The molecule has 0 atom stereocenters. The Labute approximate surface area is 118 Å². The summed E-state index contributed by atoms with van der Waals surface area (Å²) in [5.74, 6) is 0.964. The van der Waals surface area contributed by atoms with E-state index >= 15 is 0 Å². The maximum atomic E-state index is 6.68. The van der Waals surface area contributed by atoms with Gasteiger partial charge in [-0.15, -0.1) is 0 Å². The second-order valence-corrected chi connectivity index (χ2v) is 6.28. The van der Waals surface area contributed by atoms with Gasteiger partial charge < -0.3 is 10.5 Å². The van der Waals surface area contributed by atoms with Gasteiger partial charge in [0.1, 0.15) is 5.75 Å². The van der Waals surface area contributed by atoms with Crippen LogP contribution in [0.3, 0.4) is 0 Å². The Hall–Kier alpha value is -0.540. The second-order valence-electron chi connectivity index (χ2n) is 5.43. The fourth-order valence-electron chi connectivity index (χ4n) is 3.15. The molecule has 100 valence electrons. The molecule has 1 aromatic rings. The molecule has 1 saturated carbocycles. The van der Waals surface area contributed by atoms with Gasteiger partial charge in [0.25, 0.3) is 0 Å². The Morgan fingerprint density at radius 1 is 1.22 bits per heavy atom. The zero-order chi connectivity index (χ0) is 13.3. The van der Waals surface area contributed by atoms with E-state index in [2.05, 4.69) is 35.8 Å². The summed E-state index contributed by atoms with van der Waals surface area (Å²) in [6.45, 7) is 4.21. The summed E-state index contributed by atoms with van der Waals surface area (Å²) >= 11 is 3.59. The lowest BCUT2D eigenvalue weighted by molar-refractivity contribution is 0.287. The lowest BCUT2D eigenvalue weighted by atomic mass is 9.75. The van der Waals surface area contributed by atoms with E-state index in [1.807, 2.05) is 0 Å². The number of halogens is 1. The molecular formula is C15H22BrNO. The highest BCUT2D eigenvalue weighted by Gasteiger charge is 2.34. The van der Waals surface area contributed by atoms with Gasteiger partial charge in [-0.2, -0.15) is 0 Å². The summed E-state index contributed by atoms with van der Waals surface area (Å²) in [5.41, 5.74) is 10.1. The third-order valence-electron chi connectivity index (χ3n) is 4.11. The number of aryl methyl sites for hydroxylation is 1. The number of nitrogens with two attached hydrogens (primary N) is 1. The van der Waals surface area contributed by atoms with Gasteiger partial charge in [-0.25, -0.2) is 0 Å². The summed E-state index contributed by atoms with van der Waals surface area (Å²) < 4.78 is 6.74. The number of methoxy groups -OCH3 is 1. The van der Waals surface area contributed by atoms with Crippen LogP contribution in [-0.4, -0.2) is 7.11 Å². The zero-order valence-corrected chi connectivity index (χ0v) is 13.1. The molecule has 18 heavy (non-hydrogen) atoms. The van der Waals surface area contributed by atoms with Gasteiger partial charge >= 0.3 is 0 Å². The zero-order valence-electron chi connectivity index (χ0n) is 11.5. The number of hydrogen-bond donors (Lipinski definition) is 1. The Bertz CT molecular complexity index is 450. The van der Waals surface area contributed by atoms with Crippen molar-refractivity contribution in [2.75, 3.05) is 7.11 Å². The molecule has 0 aromatic heterocycles. The van der Waals surface area contributed by atoms with Crippen molar-refractivity contribution in [3.05, 3.63) is 27.2 Å². The Kier molecular flexibility index (Phi) is 4.02. The van der Waals surface area contributed by atoms with E-state index in [0.717, 1.165) is 28.6 Å². The summed E-state index contributed by atoms with van der Waals surface area (Å²) in [6.07, 6.45) is 5.86. The standard InChI is InChI=1S/C15H22BrNO/c1-10-9-12(16)11(2)14(18-3)13(10)15(17)7-5-4-6-8-15/h9H,4-8,17H2,1-3H3. The van der Waals surface area contributed by atoms with E-state index in [9.17, 15) is 0 Å². The van der Waals surface area contributed by atoms with Crippen LogP contribution in [0, 0.1) is 13.8 Å². The second kappa shape index (κ2) is 5.22. The first-order valence-corrected chi connectivity index (χ1v) is 7.42. The van der Waals surface area contributed by atoms with Crippen molar-refractivity contribution in [2.24, 2.45) is 5.73 Å². The summed E-state index contributed by atoms with van der Waals surface area (Å²) in [5, 5.41) is 0. The molecule has 2 nitrogen and oxygen atoms in total. The van der Waals surface area contributed by atoms with Gasteiger partial charge in [-0.3, -0.25) is 0 Å². The first-order valence-electron chi connectivity index (χ1n) is 6.62. The summed E-state index contributed by atoms with van der Waals surface area (Å²) in [4.78, 5) is 0. The van der Waals surface area contributed by atoms with E-state index in [1.165, 1.54) is 30.4 Å². The maximum absolute atomic E-state index is 6.68. The molecule has 1 fully saturated rings. The number of hydrogen-bond acceptors (Lipinski definition) is 2. The van der Waals surface area contributed by atoms with Crippen molar-refractivity contribution >= 4 is 15.9 Å². The topological polar surface area (TPSA) is 35.2 Å². The number of benzene rings is 1. The fraction of sp³-hybridized carbons (Fsp3) is 0.600. The van der Waals surface area contributed by atoms with Crippen molar-refractivity contribution in [3.63, 3.8) is 0 Å². The molecule has 2 N–H and O–H groups in total. The monoisotopic (exact) mass is 311 g/mol. The van der Waals surface area contributed by atoms with Crippen LogP contribution in [0.4, 0.5) is 0 Å². The SMILES string of the molecule is COc1c(C)c(Br)cc(C)c1C1(N)CCCCC1. The Morgan fingerprint density at radius 2 is 1.83 bits per heavy atom. The van der Waals surface area contributed by atoms with Gasteiger partial charge in [0, 0.05) is 21.1 Å². The molecule has 0 saturated heterocycles. The lowest BCUT2D eigenvalue weighted by Gasteiger charge is -2.36. The average molecular weight is 312 g/mol. The van der Waals surface area contributed by atoms with Crippen LogP contribution in [0.1, 0.15) is 48.8 Å². The largest absolute Gasteiger partial charge is 0.496 e. The highest BCUT2D eigenvalue weighted by atomic mass is 79.9. The summed E-state index contributed by atoms with van der Waals surface area (Å²) in [7, 11) is 1.74. The van der Waals surface area contributed by atoms with Crippen molar-refractivity contribution in [1.82, 2.24) is 0 Å². The van der Waals surface area contributed by atoms with E-state index in [1.54, 1.807) is 7.11 Å². The van der Waals surface area contributed by atoms with Crippen LogP contribution < -0.4 is 10.5 Å². The first kappa shape index (κ1) is 13.9. The first-order chi connectivity index (χ1) is 8.49. The van der Waals surface area contributed by atoms with E-state index < -0.39 is 0 Å². The van der Waals surface area contributed by atoms with Crippen LogP contribution in [0.2, 0.25) is 0 Å². The highest BCUT2D eigenvalue weighted by Crippen LogP contribution is 2.44. The van der Waals surface area contributed by atoms with E-state index in [4.69, 9.17) is 10.5 Å². The quantitative estimate of drug-likeness (QED) is 0.888. The van der Waals surface area contributed by atoms with Gasteiger partial charge in [0.15, 0.2) is 0 Å². The smallest absolute Gasteiger partial charge is 0.128 e. The third-order valence-corrected chi connectivity index (χ3v) is 4.93. The van der Waals surface area contributed by atoms with E-state index in [-0.39, 0.29) is 5.54 Å². The normalized spacial score (nSPS) is 18.7. The number of ether oxygens (including phenoxy) is 1. The number of rotatable bonds is 2. The maximum Gasteiger partial charge on any atom is 0.128 e. The van der Waals surface area contributed by atoms with Crippen molar-refractivity contribution in [2.45, 2.75) is 51.5 Å². The molecule has 0 heterocycles. The van der Waals surface area contributed by atoms with Crippen molar-refractivity contribution in [1.29, 1.82) is 0 Å². The van der Waals surface area contributed by atoms with Crippen LogP contribution in [-0.2, 0) is 5.54 Å². The van der Waals surface area contributed by atoms with Crippen LogP contribution in [0.25, 0.3) is 0 Å².